The summed E-state index contributed by atoms with van der Waals surface area (Å²) in [7, 11) is 0. The lowest BCUT2D eigenvalue weighted by molar-refractivity contribution is -0.397. The number of hydrogen-bond acceptors (Lipinski definition) is 2. The van der Waals surface area contributed by atoms with E-state index in [1.807, 2.05) is 0 Å². The first-order valence-electron chi connectivity index (χ1n) is 8.50. The van der Waals surface area contributed by atoms with Gasteiger partial charge in [0, 0.05) is 0 Å². The van der Waals surface area contributed by atoms with E-state index in [0.29, 0.717) is 6.42 Å². The molecule has 1 heterocycles. The minimum absolute atomic E-state index is 0.271. The Balaban J connectivity index is 2.40. The molecule has 170 valence electrons. The monoisotopic (exact) mass is 450 g/mol. The average Bonchev–Trinajstić information content (AvgIpc) is 2.57. The van der Waals surface area contributed by atoms with Gasteiger partial charge in [0.15, 0.2) is 6.10 Å². The Hall–Kier alpha value is -1.30. The number of alkyl halides is 11. The van der Waals surface area contributed by atoms with Crippen molar-refractivity contribution in [1.82, 2.24) is 0 Å². The highest BCUT2D eigenvalue weighted by Gasteiger charge is 2.86. The molecule has 1 spiro atoms. The summed E-state index contributed by atoms with van der Waals surface area (Å²) < 4.78 is 151. The molecule has 4 unspecified atom stereocenters. The van der Waals surface area contributed by atoms with E-state index < -0.39 is 53.8 Å². The van der Waals surface area contributed by atoms with Gasteiger partial charge in [-0.3, -0.25) is 4.79 Å². The molecule has 2 fully saturated rings. The predicted molar refractivity (Wildman–Crippen MR) is 75.2 cm³/mol. The topological polar surface area (TPSA) is 26.3 Å². The number of hydrogen-bond donors (Lipinski definition) is 0. The first-order valence-corrected chi connectivity index (χ1v) is 8.50. The first-order chi connectivity index (χ1) is 12.9. The van der Waals surface area contributed by atoms with Crippen LogP contribution in [0.25, 0.3) is 0 Å². The molecule has 4 atom stereocenters. The molecular weight excluding hydrogens is 433 g/mol. The van der Waals surface area contributed by atoms with E-state index in [0.717, 1.165) is 0 Å². The molecule has 0 aromatic rings. The summed E-state index contributed by atoms with van der Waals surface area (Å²) in [5.41, 5.74) is -2.02. The lowest BCUT2D eigenvalue weighted by Crippen LogP contribution is -2.72. The van der Waals surface area contributed by atoms with Gasteiger partial charge in [0.1, 0.15) is 5.41 Å². The molecule has 0 radical (unpaired) electrons. The SMILES string of the molecule is CC1CC(C)CC2(C1)C(=O)OC2C(F)C(F)(F)C(F)(F)C(F)(F)C(F)(F)C(F)F. The van der Waals surface area contributed by atoms with E-state index in [4.69, 9.17) is 0 Å². The van der Waals surface area contributed by atoms with Gasteiger partial charge in [-0.05, 0) is 31.1 Å². The summed E-state index contributed by atoms with van der Waals surface area (Å²) in [5.74, 6) is -29.9. The Morgan fingerprint density at radius 2 is 1.28 bits per heavy atom. The molecule has 13 heteroatoms. The van der Waals surface area contributed by atoms with Crippen LogP contribution in [0.15, 0.2) is 0 Å². The van der Waals surface area contributed by atoms with Crippen LogP contribution in [0.2, 0.25) is 0 Å². The van der Waals surface area contributed by atoms with Crippen LogP contribution in [0.4, 0.5) is 48.3 Å². The smallest absolute Gasteiger partial charge is 0.384 e. The fourth-order valence-electron chi connectivity index (χ4n) is 4.24. The first kappa shape index (κ1) is 24.0. The maximum Gasteiger partial charge on any atom is 0.384 e. The molecule has 0 amide bonds. The highest BCUT2D eigenvalue weighted by Crippen LogP contribution is 2.60. The number of cyclic esters (lactones) is 1. The lowest BCUT2D eigenvalue weighted by atomic mass is 9.59. The zero-order chi connectivity index (χ0) is 22.8. The van der Waals surface area contributed by atoms with Crippen molar-refractivity contribution in [2.75, 3.05) is 0 Å². The lowest BCUT2D eigenvalue weighted by Gasteiger charge is -2.54. The molecule has 1 saturated heterocycles. The van der Waals surface area contributed by atoms with Gasteiger partial charge in [0.2, 0.25) is 6.17 Å². The molecule has 0 N–H and O–H groups in total. The fourth-order valence-corrected chi connectivity index (χ4v) is 4.24. The predicted octanol–water partition coefficient (Wildman–Crippen LogP) is 5.50. The van der Waals surface area contributed by atoms with Crippen LogP contribution >= 0.6 is 0 Å². The van der Waals surface area contributed by atoms with Gasteiger partial charge in [-0.25, -0.2) is 13.2 Å². The van der Waals surface area contributed by atoms with Crippen molar-refractivity contribution in [1.29, 1.82) is 0 Å². The third kappa shape index (κ3) is 3.17. The van der Waals surface area contributed by atoms with Gasteiger partial charge in [-0.2, -0.15) is 35.1 Å². The molecule has 1 saturated carbocycles. The highest BCUT2D eigenvalue weighted by molar-refractivity contribution is 5.83. The second-order valence-corrected chi connectivity index (χ2v) is 7.93. The summed E-state index contributed by atoms with van der Waals surface area (Å²) in [5, 5.41) is 0. The fraction of sp³-hybridized carbons (Fsp3) is 0.938. The van der Waals surface area contributed by atoms with Crippen molar-refractivity contribution in [3.63, 3.8) is 0 Å². The summed E-state index contributed by atoms with van der Waals surface area (Å²) in [6, 6.07) is 0. The number of rotatable bonds is 6. The van der Waals surface area contributed by atoms with Crippen molar-refractivity contribution in [2.45, 2.75) is 75.5 Å². The van der Waals surface area contributed by atoms with E-state index in [-0.39, 0.29) is 24.7 Å². The molecule has 2 aliphatic rings. The largest absolute Gasteiger partial charge is 0.457 e. The average molecular weight is 450 g/mol. The maximum absolute atomic E-state index is 14.4. The van der Waals surface area contributed by atoms with Gasteiger partial charge in [0.05, 0.1) is 0 Å². The van der Waals surface area contributed by atoms with Gasteiger partial charge in [0.25, 0.3) is 0 Å². The van der Waals surface area contributed by atoms with Crippen molar-refractivity contribution in [3.05, 3.63) is 0 Å². The van der Waals surface area contributed by atoms with Crippen molar-refractivity contribution in [2.24, 2.45) is 17.3 Å². The van der Waals surface area contributed by atoms with Crippen LogP contribution in [0.3, 0.4) is 0 Å². The second kappa shape index (κ2) is 6.86. The minimum atomic E-state index is -7.30. The van der Waals surface area contributed by atoms with E-state index >= 15 is 0 Å². The van der Waals surface area contributed by atoms with E-state index in [1.54, 1.807) is 13.8 Å². The molecule has 29 heavy (non-hydrogen) atoms. The van der Waals surface area contributed by atoms with Gasteiger partial charge < -0.3 is 4.74 Å². The third-order valence-corrected chi connectivity index (χ3v) is 5.53. The number of ether oxygens (including phenoxy) is 1. The number of carbonyl (C=O) groups is 1. The standard InChI is InChI=1S/C16H17F11O2/c1-6-3-7(2)5-12(4-6)9(29-11(12)28)8(17)13(20,21)15(24,25)16(26,27)14(22,23)10(18)19/h6-10H,3-5H2,1-2H3. The summed E-state index contributed by atoms with van der Waals surface area (Å²) >= 11 is 0. The quantitative estimate of drug-likeness (QED) is 0.395. The van der Waals surface area contributed by atoms with Gasteiger partial charge >= 0.3 is 36.1 Å². The number of carbonyl (C=O) groups excluding carboxylic acids is 1. The molecule has 0 aromatic heterocycles. The normalized spacial score (nSPS) is 32.9. The van der Waals surface area contributed by atoms with Crippen LogP contribution in [0.5, 0.6) is 0 Å². The van der Waals surface area contributed by atoms with Gasteiger partial charge in [-0.15, -0.1) is 0 Å². The van der Waals surface area contributed by atoms with Crippen molar-refractivity contribution >= 4 is 5.97 Å². The third-order valence-electron chi connectivity index (χ3n) is 5.53. The Morgan fingerprint density at radius 1 is 0.862 bits per heavy atom. The molecule has 2 rings (SSSR count). The van der Waals surface area contributed by atoms with Crippen LogP contribution in [0.1, 0.15) is 33.1 Å². The Labute approximate surface area is 157 Å². The highest BCUT2D eigenvalue weighted by atomic mass is 19.4. The Morgan fingerprint density at radius 3 is 1.66 bits per heavy atom. The minimum Gasteiger partial charge on any atom is -0.457 e. The van der Waals surface area contributed by atoms with Crippen molar-refractivity contribution in [3.8, 4) is 0 Å². The van der Waals surface area contributed by atoms with Crippen molar-refractivity contribution < 1.29 is 57.8 Å². The summed E-state index contributed by atoms with van der Waals surface area (Å²) in [6.45, 7) is 3.11. The van der Waals surface area contributed by atoms with Crippen LogP contribution < -0.4 is 0 Å². The molecule has 1 aliphatic carbocycles. The second-order valence-electron chi connectivity index (χ2n) is 7.93. The Bertz CT molecular complexity index is 639. The van der Waals surface area contributed by atoms with Crippen LogP contribution in [-0.2, 0) is 9.53 Å². The van der Waals surface area contributed by atoms with E-state index in [2.05, 4.69) is 4.74 Å². The molecular formula is C16H17F11O2. The number of halogens is 11. The Kier molecular flexibility index (Phi) is 5.67. The molecule has 2 nitrogen and oxygen atoms in total. The molecule has 0 bridgehead atoms. The molecule has 0 aromatic carbocycles. The summed E-state index contributed by atoms with van der Waals surface area (Å²) in [4.78, 5) is 11.8. The zero-order valence-corrected chi connectivity index (χ0v) is 15.0. The van der Waals surface area contributed by atoms with Crippen LogP contribution in [0, 0.1) is 17.3 Å². The van der Waals surface area contributed by atoms with Gasteiger partial charge in [-0.1, -0.05) is 13.8 Å². The molecule has 1 aliphatic heterocycles. The van der Waals surface area contributed by atoms with E-state index in [1.165, 1.54) is 0 Å². The maximum atomic E-state index is 14.4. The zero-order valence-electron chi connectivity index (χ0n) is 15.0. The number of esters is 1. The summed E-state index contributed by atoms with van der Waals surface area (Å²) in [6.07, 6.45) is -12.4. The van der Waals surface area contributed by atoms with E-state index in [9.17, 15) is 53.1 Å². The van der Waals surface area contributed by atoms with Crippen LogP contribution in [-0.4, -0.2) is 48.4 Å².